The molecule has 1 aromatic heterocycles. The predicted molar refractivity (Wildman–Crippen MR) is 88.6 cm³/mol. The lowest BCUT2D eigenvalue weighted by Gasteiger charge is -1.99. The summed E-state index contributed by atoms with van der Waals surface area (Å²) in [5.74, 6) is -0.518. The number of nitrogens with one attached hydrogen (secondary N) is 1. The third-order valence-corrected chi connectivity index (χ3v) is 4.37. The van der Waals surface area contributed by atoms with Crippen molar-refractivity contribution in [1.29, 1.82) is 0 Å². The lowest BCUT2D eigenvalue weighted by molar-refractivity contribution is -0.118. The van der Waals surface area contributed by atoms with Gasteiger partial charge in [-0.05, 0) is 17.7 Å². The second kappa shape index (κ2) is 8.25. The molecule has 0 bridgehead atoms. The number of ether oxygens (including phenoxy) is 1. The maximum absolute atomic E-state index is 11.6. The molecule has 2 rings (SSSR count). The van der Waals surface area contributed by atoms with Gasteiger partial charge < -0.3 is 10.5 Å². The highest BCUT2D eigenvalue weighted by molar-refractivity contribution is 8.01. The fourth-order valence-corrected chi connectivity index (χ4v) is 2.87. The van der Waals surface area contributed by atoms with Gasteiger partial charge in [-0.2, -0.15) is 5.10 Å². The van der Waals surface area contributed by atoms with Crippen LogP contribution in [0.4, 0.5) is 5.13 Å². The number of hydrogen-bond donors (Lipinski definition) is 2. The highest BCUT2D eigenvalue weighted by atomic mass is 32.2. The van der Waals surface area contributed by atoms with Gasteiger partial charge >= 0.3 is 5.97 Å². The number of esters is 1. The van der Waals surface area contributed by atoms with Crippen LogP contribution >= 0.6 is 23.1 Å². The lowest BCUT2D eigenvalue weighted by atomic mass is 10.1. The Labute approximate surface area is 140 Å². The summed E-state index contributed by atoms with van der Waals surface area (Å²) in [6.07, 6.45) is 1.48. The van der Waals surface area contributed by atoms with E-state index in [0.29, 0.717) is 15.0 Å². The molecule has 0 fully saturated rings. The molecule has 0 atom stereocenters. The van der Waals surface area contributed by atoms with E-state index in [1.165, 1.54) is 36.4 Å². The van der Waals surface area contributed by atoms with Gasteiger partial charge in [0.05, 0.1) is 24.6 Å². The van der Waals surface area contributed by atoms with Crippen molar-refractivity contribution in [2.75, 3.05) is 18.6 Å². The minimum Gasteiger partial charge on any atom is -0.465 e. The van der Waals surface area contributed by atoms with Gasteiger partial charge in [0.2, 0.25) is 5.13 Å². The van der Waals surface area contributed by atoms with Crippen LogP contribution in [0.1, 0.15) is 15.9 Å². The molecule has 0 unspecified atom stereocenters. The minimum absolute atomic E-state index is 0.160. The minimum atomic E-state index is -0.406. The van der Waals surface area contributed by atoms with Crippen molar-refractivity contribution in [2.24, 2.45) is 5.10 Å². The second-order valence-corrected chi connectivity index (χ2v) is 6.33. The number of nitrogens with two attached hydrogens (primary N) is 1. The van der Waals surface area contributed by atoms with Crippen molar-refractivity contribution in [3.05, 3.63) is 35.4 Å². The molecule has 1 heterocycles. The van der Waals surface area contributed by atoms with E-state index in [-0.39, 0.29) is 11.7 Å². The number of nitrogen functional groups attached to an aromatic ring is 1. The van der Waals surface area contributed by atoms with Crippen LogP contribution in [0.3, 0.4) is 0 Å². The van der Waals surface area contributed by atoms with Crippen molar-refractivity contribution < 1.29 is 14.3 Å². The average molecular weight is 351 g/mol. The monoisotopic (exact) mass is 351 g/mol. The summed E-state index contributed by atoms with van der Waals surface area (Å²) in [5.41, 5.74) is 9.03. The van der Waals surface area contributed by atoms with E-state index in [1.54, 1.807) is 24.3 Å². The Morgan fingerprint density at radius 3 is 2.74 bits per heavy atom. The number of benzene rings is 1. The van der Waals surface area contributed by atoms with Crippen LogP contribution < -0.4 is 11.2 Å². The molecule has 0 aliphatic heterocycles. The maximum atomic E-state index is 11.6. The smallest absolute Gasteiger partial charge is 0.337 e. The molecule has 0 saturated heterocycles. The molecular weight excluding hydrogens is 338 g/mol. The van der Waals surface area contributed by atoms with Crippen molar-refractivity contribution >= 4 is 46.3 Å². The summed E-state index contributed by atoms with van der Waals surface area (Å²) < 4.78 is 5.23. The molecule has 8 nitrogen and oxygen atoms in total. The van der Waals surface area contributed by atoms with Crippen molar-refractivity contribution in [1.82, 2.24) is 15.6 Å². The lowest BCUT2D eigenvalue weighted by Crippen LogP contribution is -2.19. The molecule has 120 valence electrons. The normalized spacial score (nSPS) is 10.7. The van der Waals surface area contributed by atoms with E-state index in [9.17, 15) is 9.59 Å². The first-order chi connectivity index (χ1) is 11.1. The van der Waals surface area contributed by atoms with Crippen LogP contribution in [0.2, 0.25) is 0 Å². The van der Waals surface area contributed by atoms with Crippen LogP contribution in [0.25, 0.3) is 0 Å². The summed E-state index contributed by atoms with van der Waals surface area (Å²) in [5, 5.41) is 11.7. The number of nitrogens with zero attached hydrogens (tertiary/aromatic N) is 3. The van der Waals surface area contributed by atoms with Gasteiger partial charge in [0, 0.05) is 0 Å². The molecule has 1 amide bonds. The van der Waals surface area contributed by atoms with Gasteiger partial charge in [-0.25, -0.2) is 10.2 Å². The zero-order valence-electron chi connectivity index (χ0n) is 12.1. The van der Waals surface area contributed by atoms with E-state index >= 15 is 0 Å². The number of aromatic nitrogens is 2. The summed E-state index contributed by atoms with van der Waals surface area (Å²) in [6, 6.07) is 6.62. The predicted octanol–water partition coefficient (Wildman–Crippen LogP) is 1.15. The number of hydrogen-bond acceptors (Lipinski definition) is 9. The molecule has 23 heavy (non-hydrogen) atoms. The number of hydrazone groups is 1. The average Bonchev–Trinajstić information content (AvgIpc) is 2.98. The third-order valence-electron chi connectivity index (χ3n) is 2.48. The number of carbonyl (C=O) groups is 2. The molecule has 0 aliphatic rings. The quantitative estimate of drug-likeness (QED) is 0.347. The molecule has 10 heteroatoms. The van der Waals surface area contributed by atoms with E-state index < -0.39 is 5.97 Å². The van der Waals surface area contributed by atoms with Gasteiger partial charge in [-0.15, -0.1) is 10.2 Å². The molecule has 0 saturated carbocycles. The summed E-state index contributed by atoms with van der Waals surface area (Å²) in [7, 11) is 1.32. The van der Waals surface area contributed by atoms with E-state index in [0.717, 1.165) is 5.56 Å². The highest BCUT2D eigenvalue weighted by Gasteiger charge is 2.06. The van der Waals surface area contributed by atoms with Gasteiger partial charge in [-0.1, -0.05) is 35.2 Å². The van der Waals surface area contributed by atoms with E-state index in [1.807, 2.05) is 0 Å². The number of amides is 1. The van der Waals surface area contributed by atoms with Gasteiger partial charge in [0.15, 0.2) is 4.34 Å². The number of methoxy groups -OCH3 is 1. The standard InChI is InChI=1S/C13H13N5O3S2/c1-21-11(20)9-4-2-8(3-5-9)6-15-16-10(19)7-22-13-18-17-12(14)23-13/h2-6H,7H2,1H3,(H2,14,17)(H,16,19). The van der Waals surface area contributed by atoms with E-state index in [4.69, 9.17) is 5.73 Å². The second-order valence-electron chi connectivity index (χ2n) is 4.10. The highest BCUT2D eigenvalue weighted by Crippen LogP contribution is 2.22. The van der Waals surface area contributed by atoms with Gasteiger partial charge in [0.1, 0.15) is 0 Å². The van der Waals surface area contributed by atoms with Crippen molar-refractivity contribution in [2.45, 2.75) is 4.34 Å². The molecule has 3 N–H and O–H groups in total. The Balaban J connectivity index is 1.79. The topological polar surface area (TPSA) is 120 Å². The zero-order chi connectivity index (χ0) is 16.7. The molecule has 0 radical (unpaired) electrons. The number of carbonyl (C=O) groups excluding carboxylic acids is 2. The Hall–Kier alpha value is -2.46. The van der Waals surface area contributed by atoms with Crippen molar-refractivity contribution in [3.8, 4) is 0 Å². The largest absolute Gasteiger partial charge is 0.465 e. The van der Waals surface area contributed by atoms with E-state index in [2.05, 4.69) is 25.5 Å². The van der Waals surface area contributed by atoms with Crippen LogP contribution in [-0.4, -0.2) is 41.2 Å². The Morgan fingerprint density at radius 1 is 1.39 bits per heavy atom. The van der Waals surface area contributed by atoms with Crippen molar-refractivity contribution in [3.63, 3.8) is 0 Å². The summed E-state index contributed by atoms with van der Waals surface area (Å²) >= 11 is 2.45. The zero-order valence-corrected chi connectivity index (χ0v) is 13.7. The van der Waals surface area contributed by atoms with Crippen LogP contribution in [0.15, 0.2) is 33.7 Å². The number of anilines is 1. The Morgan fingerprint density at radius 2 is 2.13 bits per heavy atom. The molecule has 0 spiro atoms. The third kappa shape index (κ3) is 5.34. The fourth-order valence-electron chi connectivity index (χ4n) is 1.44. The molecule has 1 aromatic carbocycles. The summed E-state index contributed by atoms with van der Waals surface area (Å²) in [6.45, 7) is 0. The molecular formula is C13H13N5O3S2. The first kappa shape index (κ1) is 16.9. The maximum Gasteiger partial charge on any atom is 0.337 e. The Kier molecular flexibility index (Phi) is 6.06. The van der Waals surface area contributed by atoms with Crippen LogP contribution in [0.5, 0.6) is 0 Å². The number of thioether (sulfide) groups is 1. The number of rotatable bonds is 6. The van der Waals surface area contributed by atoms with Crippen LogP contribution in [0, 0.1) is 0 Å². The fraction of sp³-hybridized carbons (Fsp3) is 0.154. The first-order valence-corrected chi connectivity index (χ1v) is 8.11. The molecule has 0 aliphatic carbocycles. The Bertz CT molecular complexity index is 715. The molecule has 2 aromatic rings. The van der Waals surface area contributed by atoms with Gasteiger partial charge in [0.25, 0.3) is 5.91 Å². The SMILES string of the molecule is COC(=O)c1ccc(C=NNC(=O)CSc2nnc(N)s2)cc1. The first-order valence-electron chi connectivity index (χ1n) is 6.30. The van der Waals surface area contributed by atoms with Gasteiger partial charge in [-0.3, -0.25) is 4.79 Å². The summed E-state index contributed by atoms with van der Waals surface area (Å²) in [4.78, 5) is 22.9. The van der Waals surface area contributed by atoms with Crippen LogP contribution in [-0.2, 0) is 9.53 Å².